The van der Waals surface area contributed by atoms with Gasteiger partial charge in [-0.3, -0.25) is 4.79 Å². The number of anilines is 1. The van der Waals surface area contributed by atoms with Gasteiger partial charge >= 0.3 is 0 Å². The van der Waals surface area contributed by atoms with Crippen LogP contribution in [0.25, 0.3) is 0 Å². The molecule has 2 rings (SSSR count). The maximum atomic E-state index is 12.9. The van der Waals surface area contributed by atoms with Crippen molar-refractivity contribution >= 4 is 11.6 Å². The first-order valence-corrected chi connectivity index (χ1v) is 5.59. The molecule has 1 aliphatic carbocycles. The Bertz CT molecular complexity index is 419. The first-order chi connectivity index (χ1) is 8.15. The van der Waals surface area contributed by atoms with E-state index in [4.69, 9.17) is 10.5 Å². The van der Waals surface area contributed by atoms with Gasteiger partial charge in [0.15, 0.2) is 6.61 Å². The second-order valence-electron chi connectivity index (χ2n) is 4.22. The number of halogens is 1. The number of hydrogen-bond acceptors (Lipinski definition) is 3. The molecule has 0 spiro atoms. The molecular weight excluding hydrogens is 223 g/mol. The third-order valence-corrected chi connectivity index (χ3v) is 2.62. The van der Waals surface area contributed by atoms with Gasteiger partial charge in [0.2, 0.25) is 0 Å². The van der Waals surface area contributed by atoms with E-state index in [2.05, 4.69) is 5.32 Å². The summed E-state index contributed by atoms with van der Waals surface area (Å²) in [4.78, 5) is 11.4. The van der Waals surface area contributed by atoms with E-state index in [1.807, 2.05) is 0 Å². The van der Waals surface area contributed by atoms with Crippen molar-refractivity contribution in [3.05, 3.63) is 24.0 Å². The van der Waals surface area contributed by atoms with E-state index in [1.165, 1.54) is 31.0 Å². The zero-order chi connectivity index (χ0) is 12.3. The molecule has 1 aromatic rings. The Morgan fingerprint density at radius 2 is 2.29 bits per heavy atom. The van der Waals surface area contributed by atoms with Gasteiger partial charge in [-0.1, -0.05) is 0 Å². The Kier molecular flexibility index (Phi) is 3.46. The van der Waals surface area contributed by atoms with Gasteiger partial charge in [-0.25, -0.2) is 4.39 Å². The minimum absolute atomic E-state index is 0.139. The van der Waals surface area contributed by atoms with Crippen LogP contribution in [0, 0.1) is 11.7 Å². The van der Waals surface area contributed by atoms with E-state index in [-0.39, 0.29) is 18.3 Å². The maximum absolute atomic E-state index is 12.9. The number of amides is 1. The van der Waals surface area contributed by atoms with Crippen molar-refractivity contribution in [3.63, 3.8) is 0 Å². The minimum atomic E-state index is -0.437. The molecule has 0 heterocycles. The molecule has 0 atom stereocenters. The number of carbonyl (C=O) groups excluding carboxylic acids is 1. The molecule has 1 fully saturated rings. The van der Waals surface area contributed by atoms with Gasteiger partial charge in [0, 0.05) is 12.6 Å². The summed E-state index contributed by atoms with van der Waals surface area (Å²) in [5, 5.41) is 2.75. The van der Waals surface area contributed by atoms with Gasteiger partial charge in [0.1, 0.15) is 11.6 Å². The van der Waals surface area contributed by atoms with Crippen molar-refractivity contribution in [1.82, 2.24) is 5.32 Å². The SMILES string of the molecule is Nc1ccc(F)cc1OCC(=O)NCC1CC1. The monoisotopic (exact) mass is 238 g/mol. The first-order valence-electron chi connectivity index (χ1n) is 5.59. The normalized spacial score (nSPS) is 14.4. The summed E-state index contributed by atoms with van der Waals surface area (Å²) >= 11 is 0. The molecule has 1 aliphatic rings. The largest absolute Gasteiger partial charge is 0.482 e. The van der Waals surface area contributed by atoms with Gasteiger partial charge in [-0.2, -0.15) is 0 Å². The first kappa shape index (κ1) is 11.7. The number of nitrogens with two attached hydrogens (primary N) is 1. The average molecular weight is 238 g/mol. The van der Waals surface area contributed by atoms with Crippen LogP contribution in [0.2, 0.25) is 0 Å². The molecule has 3 N–H and O–H groups in total. The Morgan fingerprint density at radius 3 is 3.00 bits per heavy atom. The fourth-order valence-corrected chi connectivity index (χ4v) is 1.41. The highest BCUT2D eigenvalue weighted by atomic mass is 19.1. The zero-order valence-electron chi connectivity index (χ0n) is 9.41. The summed E-state index contributed by atoms with van der Waals surface area (Å²) in [6.45, 7) is 0.557. The number of rotatable bonds is 5. The topological polar surface area (TPSA) is 64.3 Å². The van der Waals surface area contributed by atoms with Crippen LogP contribution < -0.4 is 15.8 Å². The van der Waals surface area contributed by atoms with E-state index < -0.39 is 5.82 Å². The lowest BCUT2D eigenvalue weighted by molar-refractivity contribution is -0.123. The Morgan fingerprint density at radius 1 is 1.53 bits per heavy atom. The molecule has 0 aliphatic heterocycles. The van der Waals surface area contributed by atoms with Crippen LogP contribution in [-0.4, -0.2) is 19.1 Å². The van der Waals surface area contributed by atoms with E-state index in [9.17, 15) is 9.18 Å². The van der Waals surface area contributed by atoms with E-state index in [1.54, 1.807) is 0 Å². The number of ether oxygens (including phenoxy) is 1. The molecule has 1 amide bonds. The summed E-state index contributed by atoms with van der Waals surface area (Å²) in [6, 6.07) is 3.83. The van der Waals surface area contributed by atoms with Gasteiger partial charge in [-0.15, -0.1) is 0 Å². The van der Waals surface area contributed by atoms with Crippen molar-refractivity contribution in [2.24, 2.45) is 5.92 Å². The highest BCUT2D eigenvalue weighted by Crippen LogP contribution is 2.27. The van der Waals surface area contributed by atoms with Crippen molar-refractivity contribution in [1.29, 1.82) is 0 Å². The van der Waals surface area contributed by atoms with Gasteiger partial charge in [0.25, 0.3) is 5.91 Å². The quantitative estimate of drug-likeness (QED) is 0.760. The predicted octanol–water partition coefficient (Wildman–Crippen LogP) is 1.31. The lowest BCUT2D eigenvalue weighted by atomic mass is 10.3. The van der Waals surface area contributed by atoms with Crippen LogP contribution in [0.15, 0.2) is 18.2 Å². The molecular formula is C12H15FN2O2. The number of hydrogen-bond donors (Lipinski definition) is 2. The predicted molar refractivity (Wildman–Crippen MR) is 62.0 cm³/mol. The molecule has 4 nitrogen and oxygen atoms in total. The minimum Gasteiger partial charge on any atom is -0.482 e. The van der Waals surface area contributed by atoms with Crippen molar-refractivity contribution in [2.75, 3.05) is 18.9 Å². The number of nitrogen functional groups attached to an aromatic ring is 1. The molecule has 0 radical (unpaired) electrons. The zero-order valence-corrected chi connectivity index (χ0v) is 9.41. The van der Waals surface area contributed by atoms with E-state index in [0.717, 1.165) is 0 Å². The van der Waals surface area contributed by atoms with Gasteiger partial charge in [-0.05, 0) is 30.9 Å². The third kappa shape index (κ3) is 3.62. The van der Waals surface area contributed by atoms with E-state index in [0.29, 0.717) is 18.2 Å². The Labute approximate surface area is 98.9 Å². The van der Waals surface area contributed by atoms with Crippen LogP contribution in [0.1, 0.15) is 12.8 Å². The van der Waals surface area contributed by atoms with Crippen LogP contribution in [0.3, 0.4) is 0 Å². The third-order valence-electron chi connectivity index (χ3n) is 2.62. The summed E-state index contributed by atoms with van der Waals surface area (Å²) in [7, 11) is 0. The van der Waals surface area contributed by atoms with Crippen molar-refractivity contribution < 1.29 is 13.9 Å². The molecule has 1 aromatic carbocycles. The fourth-order valence-electron chi connectivity index (χ4n) is 1.41. The van der Waals surface area contributed by atoms with Crippen LogP contribution in [-0.2, 0) is 4.79 Å². The van der Waals surface area contributed by atoms with Crippen molar-refractivity contribution in [3.8, 4) is 5.75 Å². The fraction of sp³-hybridized carbons (Fsp3) is 0.417. The maximum Gasteiger partial charge on any atom is 0.257 e. The van der Waals surface area contributed by atoms with Gasteiger partial charge in [0.05, 0.1) is 5.69 Å². The van der Waals surface area contributed by atoms with Crippen LogP contribution in [0.4, 0.5) is 10.1 Å². The van der Waals surface area contributed by atoms with Gasteiger partial charge < -0.3 is 15.8 Å². The highest BCUT2D eigenvalue weighted by molar-refractivity contribution is 5.77. The molecule has 0 saturated heterocycles. The van der Waals surface area contributed by atoms with Crippen molar-refractivity contribution in [2.45, 2.75) is 12.8 Å². The second-order valence-corrected chi connectivity index (χ2v) is 4.22. The lowest BCUT2D eigenvalue weighted by Crippen LogP contribution is -2.30. The van der Waals surface area contributed by atoms with Crippen LogP contribution >= 0.6 is 0 Å². The second kappa shape index (κ2) is 5.03. The highest BCUT2D eigenvalue weighted by Gasteiger charge is 2.21. The summed E-state index contributed by atoms with van der Waals surface area (Å²) in [5.41, 5.74) is 5.91. The summed E-state index contributed by atoms with van der Waals surface area (Å²) in [6.07, 6.45) is 2.36. The lowest BCUT2D eigenvalue weighted by Gasteiger charge is -2.09. The van der Waals surface area contributed by atoms with E-state index >= 15 is 0 Å². The molecule has 5 heteroatoms. The summed E-state index contributed by atoms with van der Waals surface area (Å²) in [5.74, 6) is 0.179. The molecule has 0 aromatic heterocycles. The smallest absolute Gasteiger partial charge is 0.257 e. The number of carbonyl (C=O) groups is 1. The molecule has 0 unspecified atom stereocenters. The Hall–Kier alpha value is -1.78. The summed E-state index contributed by atoms with van der Waals surface area (Å²) < 4.78 is 18.1. The molecule has 17 heavy (non-hydrogen) atoms. The molecule has 92 valence electrons. The average Bonchev–Trinajstić information content (AvgIpc) is 3.11. The Balaban J connectivity index is 1.79. The van der Waals surface area contributed by atoms with Crippen LogP contribution in [0.5, 0.6) is 5.75 Å². The number of nitrogens with one attached hydrogen (secondary N) is 1. The molecule has 0 bridgehead atoms. The molecule has 1 saturated carbocycles. The standard InChI is InChI=1S/C12H15FN2O2/c13-9-3-4-10(14)11(5-9)17-7-12(16)15-6-8-1-2-8/h3-5,8H,1-2,6-7,14H2,(H,15,16). The number of benzene rings is 1.